The molecule has 142 valence electrons. The average molecular weight is 389 g/mol. The molecule has 0 radical (unpaired) electrons. The highest BCUT2D eigenvalue weighted by Crippen LogP contribution is 3.02. The van der Waals surface area contributed by atoms with Crippen molar-refractivity contribution in [2.75, 3.05) is 27.2 Å². The van der Waals surface area contributed by atoms with Gasteiger partial charge in [0.15, 0.2) is 0 Å². The van der Waals surface area contributed by atoms with E-state index in [1.165, 1.54) is 4.90 Å². The van der Waals surface area contributed by atoms with E-state index in [-0.39, 0.29) is 31.3 Å². The molecule has 1 fully saturated rings. The lowest BCUT2D eigenvalue weighted by molar-refractivity contribution is -0.385. The summed E-state index contributed by atoms with van der Waals surface area (Å²) in [6, 6.07) is 0.293. The van der Waals surface area contributed by atoms with Gasteiger partial charge in [-0.1, -0.05) is 19.4 Å². The molecule has 1 atom stereocenters. The first kappa shape index (κ1) is 19.4. The fraction of sp³-hybridized carbons (Fsp3) is 0.462. The largest absolute Gasteiger partial charge is 0.337 e. The lowest BCUT2D eigenvalue weighted by atomic mass is 10.2. The molecule has 0 N–H and O–H groups in total. The minimum atomic E-state index is -10.2. The topological polar surface area (TPSA) is 66.7 Å². The molecule has 0 bridgehead atoms. The molecule has 1 saturated heterocycles. The van der Waals surface area contributed by atoms with E-state index in [4.69, 9.17) is 0 Å². The monoisotopic (exact) mass is 389 g/mol. The van der Waals surface area contributed by atoms with Gasteiger partial charge in [0.1, 0.15) is 4.90 Å². The highest BCUT2D eigenvalue weighted by atomic mass is 32.5. The van der Waals surface area contributed by atoms with Crippen LogP contribution in [0.2, 0.25) is 0 Å². The van der Waals surface area contributed by atoms with E-state index in [2.05, 4.69) is 0 Å². The summed E-state index contributed by atoms with van der Waals surface area (Å²) in [5.41, 5.74) is -1.99. The first-order valence-electron chi connectivity index (χ1n) is 7.08. The van der Waals surface area contributed by atoms with Crippen LogP contribution in [0.15, 0.2) is 23.1 Å². The van der Waals surface area contributed by atoms with Crippen molar-refractivity contribution in [3.63, 3.8) is 0 Å². The quantitative estimate of drug-likeness (QED) is 0.443. The van der Waals surface area contributed by atoms with Gasteiger partial charge >= 0.3 is 10.2 Å². The maximum absolute atomic E-state index is 13.0. The molecule has 1 amide bonds. The molecule has 1 aliphatic heterocycles. The van der Waals surface area contributed by atoms with Crippen LogP contribution >= 0.6 is 10.2 Å². The van der Waals surface area contributed by atoms with E-state index >= 15 is 0 Å². The minimum Gasteiger partial charge on any atom is -0.337 e. The summed E-state index contributed by atoms with van der Waals surface area (Å²) in [5.74, 6) is -0.948. The second kappa shape index (κ2) is 5.27. The van der Waals surface area contributed by atoms with Crippen molar-refractivity contribution in [2.24, 2.45) is 0 Å². The van der Waals surface area contributed by atoms with Crippen molar-refractivity contribution < 1.29 is 29.1 Å². The zero-order chi connectivity index (χ0) is 19.3. The molecular formula is C13H16F5N3O3S. The molecule has 1 unspecified atom stereocenters. The Morgan fingerprint density at radius 3 is 2.28 bits per heavy atom. The smallest absolute Gasteiger partial charge is 0.310 e. The van der Waals surface area contributed by atoms with Crippen LogP contribution in [-0.4, -0.2) is 53.9 Å². The standard InChI is InChI=1S/C13H16F5N3O3S/c1-19(2)10-3-4-20(8-10)13(22)9-5-11(21(23)24)7-12(6-9)25(14,15,16,17)18/h5-7,10H,3-4,8H2,1-2H3. The molecule has 1 heterocycles. The summed E-state index contributed by atoms with van der Waals surface area (Å²) in [6.07, 6.45) is 0.558. The van der Waals surface area contributed by atoms with Crippen LogP contribution in [0.5, 0.6) is 0 Å². The van der Waals surface area contributed by atoms with Crippen molar-refractivity contribution in [1.82, 2.24) is 9.80 Å². The van der Waals surface area contributed by atoms with Crippen LogP contribution in [-0.2, 0) is 0 Å². The molecule has 0 saturated carbocycles. The molecular weight excluding hydrogens is 373 g/mol. The number of likely N-dealkylation sites (tertiary alicyclic amines) is 1. The van der Waals surface area contributed by atoms with Crippen molar-refractivity contribution >= 4 is 21.8 Å². The number of carbonyl (C=O) groups is 1. The summed E-state index contributed by atoms with van der Waals surface area (Å²) < 4.78 is 65.1. The van der Waals surface area contributed by atoms with E-state index in [0.717, 1.165) is 0 Å². The van der Waals surface area contributed by atoms with Gasteiger partial charge in [-0.3, -0.25) is 14.9 Å². The van der Waals surface area contributed by atoms with E-state index in [1.807, 2.05) is 4.90 Å². The molecule has 25 heavy (non-hydrogen) atoms. The van der Waals surface area contributed by atoms with Crippen molar-refractivity contribution in [2.45, 2.75) is 17.4 Å². The third kappa shape index (κ3) is 4.37. The minimum absolute atomic E-state index is 0.0140. The number of halogens is 5. The van der Waals surface area contributed by atoms with Gasteiger partial charge in [0.05, 0.1) is 4.92 Å². The number of rotatable bonds is 4. The third-order valence-electron chi connectivity index (χ3n) is 3.98. The number of benzene rings is 1. The lowest BCUT2D eigenvalue weighted by Gasteiger charge is -2.40. The van der Waals surface area contributed by atoms with E-state index in [1.54, 1.807) is 14.1 Å². The van der Waals surface area contributed by atoms with Crippen LogP contribution in [0.3, 0.4) is 0 Å². The summed E-state index contributed by atoms with van der Waals surface area (Å²) in [7, 11) is -6.64. The number of hydrogen-bond donors (Lipinski definition) is 0. The number of non-ortho nitro benzene ring substituents is 1. The Morgan fingerprint density at radius 2 is 1.84 bits per heavy atom. The van der Waals surface area contributed by atoms with Gasteiger partial charge in [0.25, 0.3) is 11.6 Å². The summed E-state index contributed by atoms with van der Waals surface area (Å²) in [4.78, 5) is 22.5. The fourth-order valence-electron chi connectivity index (χ4n) is 2.57. The zero-order valence-electron chi connectivity index (χ0n) is 13.3. The SMILES string of the molecule is CN(C)C1CCN(C(=O)c2cc([N+](=O)[O-])cc(S(F)(F)(F)(F)F)c2)C1. The summed E-state index contributed by atoms with van der Waals surface area (Å²) in [5, 5.41) is 10.8. The Balaban J connectivity index is 2.47. The Hall–Kier alpha value is -1.95. The summed E-state index contributed by atoms with van der Waals surface area (Å²) >= 11 is 0. The van der Waals surface area contributed by atoms with E-state index in [0.29, 0.717) is 12.5 Å². The second-order valence-electron chi connectivity index (χ2n) is 6.10. The number of carbonyl (C=O) groups excluding carboxylic acids is 1. The molecule has 6 nitrogen and oxygen atoms in total. The van der Waals surface area contributed by atoms with E-state index < -0.39 is 37.2 Å². The third-order valence-corrected chi connectivity index (χ3v) is 5.10. The summed E-state index contributed by atoms with van der Waals surface area (Å²) in [6.45, 7) is 0.413. The van der Waals surface area contributed by atoms with Gasteiger partial charge in [-0.25, -0.2) is 0 Å². The van der Waals surface area contributed by atoms with Crippen molar-refractivity contribution in [3.05, 3.63) is 33.9 Å². The number of amides is 1. The normalized spacial score (nSPS) is 21.1. The second-order valence-corrected chi connectivity index (χ2v) is 8.51. The molecule has 12 heteroatoms. The maximum Gasteiger partial charge on any atom is 0.310 e. The Kier molecular flexibility index (Phi) is 4.09. The van der Waals surface area contributed by atoms with Gasteiger partial charge in [0.2, 0.25) is 0 Å². The number of nitrogens with zero attached hydrogens (tertiary/aromatic N) is 3. The number of nitro groups is 1. The Labute approximate surface area is 140 Å². The molecule has 1 aliphatic rings. The molecule has 1 aromatic rings. The van der Waals surface area contributed by atoms with Crippen molar-refractivity contribution in [3.8, 4) is 0 Å². The number of nitro benzene ring substituents is 1. The lowest BCUT2D eigenvalue weighted by Crippen LogP contribution is -2.34. The zero-order valence-corrected chi connectivity index (χ0v) is 14.1. The van der Waals surface area contributed by atoms with Gasteiger partial charge in [-0.15, -0.1) is 0 Å². The fourth-order valence-corrected chi connectivity index (χ4v) is 3.26. The van der Waals surface area contributed by atoms with Crippen LogP contribution in [0.1, 0.15) is 16.8 Å². The number of hydrogen-bond acceptors (Lipinski definition) is 4. The Bertz CT molecular complexity index is 738. The van der Waals surface area contributed by atoms with Gasteiger partial charge < -0.3 is 9.80 Å². The van der Waals surface area contributed by atoms with Crippen LogP contribution in [0.25, 0.3) is 0 Å². The van der Waals surface area contributed by atoms with Crippen LogP contribution in [0.4, 0.5) is 25.1 Å². The predicted molar refractivity (Wildman–Crippen MR) is 82.5 cm³/mol. The molecule has 0 aromatic heterocycles. The Morgan fingerprint density at radius 1 is 1.24 bits per heavy atom. The first-order chi connectivity index (χ1) is 11.1. The molecule has 1 aromatic carbocycles. The van der Waals surface area contributed by atoms with E-state index in [9.17, 15) is 34.3 Å². The van der Waals surface area contributed by atoms with Gasteiger partial charge in [0, 0.05) is 36.8 Å². The molecule has 2 rings (SSSR count). The molecule has 0 aliphatic carbocycles. The average Bonchev–Trinajstić information content (AvgIpc) is 2.93. The first-order valence-corrected chi connectivity index (χ1v) is 9.03. The highest BCUT2D eigenvalue weighted by Gasteiger charge is 2.66. The van der Waals surface area contributed by atoms with Gasteiger partial charge in [-0.05, 0) is 26.6 Å². The van der Waals surface area contributed by atoms with Gasteiger partial charge in [-0.2, -0.15) is 0 Å². The highest BCUT2D eigenvalue weighted by molar-refractivity contribution is 8.45. The number of likely N-dealkylation sites (N-methyl/N-ethyl adjacent to an activating group) is 1. The van der Waals surface area contributed by atoms with Crippen LogP contribution in [0, 0.1) is 10.1 Å². The maximum atomic E-state index is 13.0. The van der Waals surface area contributed by atoms with Crippen molar-refractivity contribution in [1.29, 1.82) is 0 Å². The van der Waals surface area contributed by atoms with Crippen LogP contribution < -0.4 is 0 Å². The predicted octanol–water partition coefficient (Wildman–Crippen LogP) is 4.03. The molecule has 0 spiro atoms.